The Bertz CT molecular complexity index is 447. The average Bonchev–Trinajstić information content (AvgIpc) is 2.14. The predicted molar refractivity (Wildman–Crippen MR) is 73.8 cm³/mol. The van der Waals surface area contributed by atoms with Gasteiger partial charge in [-0.2, -0.15) is 4.99 Å². The van der Waals surface area contributed by atoms with Crippen LogP contribution in [0.2, 0.25) is 10.2 Å². The molecule has 1 heterocycles. The molecule has 5 nitrogen and oxygen atoms in total. The molecule has 0 saturated carbocycles. The summed E-state index contributed by atoms with van der Waals surface area (Å²) in [7, 11) is 0. The van der Waals surface area contributed by atoms with E-state index in [9.17, 15) is 0 Å². The first kappa shape index (κ1) is 14.1. The van der Waals surface area contributed by atoms with E-state index < -0.39 is 0 Å². The Balaban J connectivity index is 2.77. The highest BCUT2D eigenvalue weighted by Gasteiger charge is 2.09. The number of hydrogen-bond donors (Lipinski definition) is 3. The van der Waals surface area contributed by atoms with Gasteiger partial charge >= 0.3 is 0 Å². The molecule has 0 aliphatic heterocycles. The van der Waals surface area contributed by atoms with E-state index in [-0.39, 0.29) is 11.1 Å². The van der Waals surface area contributed by atoms with Crippen LogP contribution in [-0.4, -0.2) is 16.1 Å². The van der Waals surface area contributed by atoms with E-state index in [0.29, 0.717) is 21.5 Å². The van der Waals surface area contributed by atoms with Gasteiger partial charge in [0.25, 0.3) is 0 Å². The van der Waals surface area contributed by atoms with Crippen LogP contribution in [0, 0.1) is 12.3 Å². The minimum Gasteiger partial charge on any atom is -0.370 e. The number of nitrogens with zero attached hydrogens (tertiary/aromatic N) is 2. The molecule has 0 aliphatic carbocycles. The van der Waals surface area contributed by atoms with Crippen molar-refractivity contribution < 1.29 is 0 Å². The number of halogens is 2. The fourth-order valence-electron chi connectivity index (χ4n) is 1.04. The van der Waals surface area contributed by atoms with Crippen molar-refractivity contribution in [3.8, 4) is 0 Å². The molecule has 0 atom stereocenters. The van der Waals surface area contributed by atoms with Gasteiger partial charge in [0.05, 0.1) is 0 Å². The summed E-state index contributed by atoms with van der Waals surface area (Å²) < 4.78 is 0. The van der Waals surface area contributed by atoms with Gasteiger partial charge in [-0.1, -0.05) is 35.0 Å². The van der Waals surface area contributed by atoms with Crippen LogP contribution in [0.4, 0.5) is 0 Å². The maximum Gasteiger partial charge on any atom is 0.193 e. The molecule has 0 aliphatic rings. The molecule has 0 bridgehead atoms. The lowest BCUT2D eigenvalue weighted by atomic mass is 10.3. The largest absolute Gasteiger partial charge is 0.370 e. The third kappa shape index (κ3) is 4.41. The van der Waals surface area contributed by atoms with Crippen LogP contribution in [0.3, 0.4) is 0 Å². The molecule has 0 amide bonds. The van der Waals surface area contributed by atoms with Crippen LogP contribution in [0.5, 0.6) is 0 Å². The van der Waals surface area contributed by atoms with Gasteiger partial charge in [0, 0.05) is 22.0 Å². The van der Waals surface area contributed by atoms with Crippen LogP contribution in [0.15, 0.2) is 11.1 Å². The molecule has 1 rings (SSSR count). The maximum atomic E-state index is 7.46. The Labute approximate surface area is 113 Å². The summed E-state index contributed by atoms with van der Waals surface area (Å²) in [5.74, 6) is 0.238. The lowest BCUT2D eigenvalue weighted by molar-refractivity contribution is 1.16. The summed E-state index contributed by atoms with van der Waals surface area (Å²) in [6.45, 7) is 1.80. The van der Waals surface area contributed by atoms with Crippen LogP contribution in [0.25, 0.3) is 0 Å². The topological polar surface area (TPSA) is 101 Å². The Morgan fingerprint density at radius 1 is 1.53 bits per heavy atom. The van der Waals surface area contributed by atoms with E-state index in [1.54, 1.807) is 13.0 Å². The van der Waals surface area contributed by atoms with E-state index in [1.807, 2.05) is 0 Å². The number of rotatable bonds is 2. The van der Waals surface area contributed by atoms with Crippen LogP contribution in [0.1, 0.15) is 11.3 Å². The first-order valence-corrected chi connectivity index (χ1v) is 6.26. The Morgan fingerprint density at radius 2 is 2.18 bits per heavy atom. The monoisotopic (exact) mass is 291 g/mol. The van der Waals surface area contributed by atoms with Crippen molar-refractivity contribution in [2.75, 3.05) is 0 Å². The second kappa shape index (κ2) is 6.09. The van der Waals surface area contributed by atoms with Crippen molar-refractivity contribution in [2.24, 2.45) is 16.5 Å². The van der Waals surface area contributed by atoms with E-state index >= 15 is 0 Å². The van der Waals surface area contributed by atoms with Crippen LogP contribution >= 0.6 is 35.0 Å². The lowest BCUT2D eigenvalue weighted by Gasteiger charge is -2.06. The second-order valence-corrected chi connectivity index (χ2v) is 4.87. The van der Waals surface area contributed by atoms with E-state index in [1.165, 1.54) is 0 Å². The van der Waals surface area contributed by atoms with Gasteiger partial charge in [0.2, 0.25) is 0 Å². The molecule has 0 unspecified atom stereocenters. The number of aryl methyl sites for hydroxylation is 1. The standard InChI is InChI=1S/C9H11Cl2N5S/c1-4-2-6(10)5(7(11)15-4)3-17-9(14)16-8(12)13/h2H,3H2,1H3,(H5,12,13,14,16). The summed E-state index contributed by atoms with van der Waals surface area (Å²) in [6, 6.07) is 1.72. The number of pyridine rings is 1. The van der Waals surface area contributed by atoms with Gasteiger partial charge in [-0.15, -0.1) is 0 Å². The Kier molecular flexibility index (Phi) is 5.04. The number of aliphatic imine (C=N–C) groups is 1. The summed E-state index contributed by atoms with van der Waals surface area (Å²) in [5, 5.41) is 8.31. The number of amidine groups is 1. The quantitative estimate of drug-likeness (QED) is 0.441. The van der Waals surface area contributed by atoms with Gasteiger partial charge in [0.1, 0.15) is 5.15 Å². The third-order valence-electron chi connectivity index (χ3n) is 1.73. The molecule has 0 spiro atoms. The zero-order chi connectivity index (χ0) is 13.0. The molecule has 1 aromatic heterocycles. The zero-order valence-corrected chi connectivity index (χ0v) is 11.3. The lowest BCUT2D eigenvalue weighted by Crippen LogP contribution is -2.23. The first-order chi connectivity index (χ1) is 7.90. The maximum absolute atomic E-state index is 7.46. The van der Waals surface area contributed by atoms with E-state index in [0.717, 1.165) is 17.5 Å². The van der Waals surface area contributed by atoms with Gasteiger partial charge < -0.3 is 11.5 Å². The highest BCUT2D eigenvalue weighted by molar-refractivity contribution is 8.13. The fraction of sp³-hybridized carbons (Fsp3) is 0.222. The molecule has 92 valence electrons. The number of aromatic nitrogens is 1. The van der Waals surface area contributed by atoms with E-state index in [4.69, 9.17) is 40.1 Å². The third-order valence-corrected chi connectivity index (χ3v) is 3.18. The predicted octanol–water partition coefficient (Wildman–Crippen LogP) is 2.14. The summed E-state index contributed by atoms with van der Waals surface area (Å²) >= 11 is 13.1. The Hall–Kier alpha value is -0.980. The highest BCUT2D eigenvalue weighted by Crippen LogP contribution is 2.28. The molecule has 0 saturated heterocycles. The minimum absolute atomic E-state index is 0.00212. The zero-order valence-electron chi connectivity index (χ0n) is 9.00. The average molecular weight is 292 g/mol. The molecule has 5 N–H and O–H groups in total. The Morgan fingerprint density at radius 3 is 2.71 bits per heavy atom. The first-order valence-electron chi connectivity index (χ1n) is 4.52. The van der Waals surface area contributed by atoms with Crippen molar-refractivity contribution in [1.29, 1.82) is 5.41 Å². The van der Waals surface area contributed by atoms with Gasteiger partial charge in [-0.25, -0.2) is 4.98 Å². The van der Waals surface area contributed by atoms with Crippen molar-refractivity contribution in [2.45, 2.75) is 12.7 Å². The number of nitrogens with one attached hydrogen (secondary N) is 1. The fourth-order valence-corrected chi connectivity index (χ4v) is 2.61. The molecule has 8 heteroatoms. The number of nitrogens with two attached hydrogens (primary N) is 2. The van der Waals surface area contributed by atoms with E-state index in [2.05, 4.69) is 9.98 Å². The molecule has 17 heavy (non-hydrogen) atoms. The number of guanidine groups is 1. The van der Waals surface area contributed by atoms with Gasteiger partial charge in [0.15, 0.2) is 11.1 Å². The van der Waals surface area contributed by atoms with Crippen molar-refractivity contribution >= 4 is 46.1 Å². The molecule has 0 aromatic carbocycles. The summed E-state index contributed by atoms with van der Waals surface area (Å²) in [4.78, 5) is 7.67. The minimum atomic E-state index is -0.151. The number of thioether (sulfide) groups is 1. The second-order valence-electron chi connectivity index (χ2n) is 3.15. The van der Waals surface area contributed by atoms with Crippen molar-refractivity contribution in [1.82, 2.24) is 4.98 Å². The molecular weight excluding hydrogens is 281 g/mol. The van der Waals surface area contributed by atoms with Crippen molar-refractivity contribution in [3.63, 3.8) is 0 Å². The SMILES string of the molecule is Cc1cc(Cl)c(CSC(=N)N=C(N)N)c(Cl)n1. The van der Waals surface area contributed by atoms with Gasteiger partial charge in [-0.3, -0.25) is 5.41 Å². The van der Waals surface area contributed by atoms with Crippen molar-refractivity contribution in [3.05, 3.63) is 27.5 Å². The number of hydrogen-bond acceptors (Lipinski definition) is 3. The normalized spacial score (nSPS) is 10.1. The summed E-state index contributed by atoms with van der Waals surface area (Å²) in [5.41, 5.74) is 11.7. The molecule has 0 radical (unpaired) electrons. The molecule has 0 fully saturated rings. The smallest absolute Gasteiger partial charge is 0.193 e. The van der Waals surface area contributed by atoms with Gasteiger partial charge in [-0.05, 0) is 13.0 Å². The molecular formula is C9H11Cl2N5S. The summed E-state index contributed by atoms with van der Waals surface area (Å²) in [6.07, 6.45) is 0. The van der Waals surface area contributed by atoms with Crippen LogP contribution in [-0.2, 0) is 5.75 Å². The van der Waals surface area contributed by atoms with Crippen LogP contribution < -0.4 is 11.5 Å². The highest BCUT2D eigenvalue weighted by atomic mass is 35.5. The molecule has 1 aromatic rings.